The van der Waals surface area contributed by atoms with Gasteiger partial charge in [-0.2, -0.15) is 4.98 Å². The van der Waals surface area contributed by atoms with Crippen LogP contribution in [0.4, 0.5) is 10.2 Å². The molecule has 0 unspecified atom stereocenters. The summed E-state index contributed by atoms with van der Waals surface area (Å²) in [6.07, 6.45) is -2.10. The van der Waals surface area contributed by atoms with Crippen LogP contribution in [0.1, 0.15) is 22.4 Å². The van der Waals surface area contributed by atoms with Crippen molar-refractivity contribution in [3.05, 3.63) is 46.5 Å². The van der Waals surface area contributed by atoms with E-state index in [1.54, 1.807) is 6.92 Å². The van der Waals surface area contributed by atoms with E-state index in [2.05, 4.69) is 20.3 Å². The highest BCUT2D eigenvalue weighted by Crippen LogP contribution is 2.30. The molecule has 1 saturated heterocycles. The van der Waals surface area contributed by atoms with E-state index in [1.165, 1.54) is 24.7 Å². The van der Waals surface area contributed by atoms with Crippen molar-refractivity contribution in [2.24, 2.45) is 0 Å². The average molecular weight is 365 g/mol. The largest absolute Gasteiger partial charge is 0.394 e. The van der Waals surface area contributed by atoms with Gasteiger partial charge in [-0.05, 0) is 13.0 Å². The highest BCUT2D eigenvalue weighted by Gasteiger charge is 2.45. The smallest absolute Gasteiger partial charge is 0.351 e. The van der Waals surface area contributed by atoms with Crippen molar-refractivity contribution in [2.45, 2.75) is 31.5 Å². The number of aryl methyl sites for hydroxylation is 1. The first-order valence-corrected chi connectivity index (χ1v) is 7.68. The Hall–Kier alpha value is -2.76. The second-order valence-corrected chi connectivity index (χ2v) is 5.69. The lowest BCUT2D eigenvalue weighted by Gasteiger charge is -2.16. The Balaban J connectivity index is 1.78. The third-order valence-electron chi connectivity index (χ3n) is 3.81. The summed E-state index contributed by atoms with van der Waals surface area (Å²) in [6, 6.07) is 1.28. The molecule has 3 rings (SSSR count). The first-order valence-electron chi connectivity index (χ1n) is 7.68. The number of carbonyl (C=O) groups excluding carboxylic acids is 1. The predicted octanol–water partition coefficient (Wildman–Crippen LogP) is -0.817. The number of carbonyl (C=O) groups is 1. The summed E-state index contributed by atoms with van der Waals surface area (Å²) in [4.78, 5) is 35.7. The number of nitrogens with zero attached hydrogens (tertiary/aromatic N) is 4. The number of aliphatic hydroxyl groups is 2. The molecule has 0 bridgehead atoms. The Kier molecular flexibility index (Phi) is 5.02. The van der Waals surface area contributed by atoms with E-state index < -0.39 is 42.8 Å². The van der Waals surface area contributed by atoms with Gasteiger partial charge in [-0.1, -0.05) is 0 Å². The number of hydrogen-bond acceptors (Lipinski definition) is 8. The van der Waals surface area contributed by atoms with Crippen LogP contribution in [0.15, 0.2) is 29.5 Å². The van der Waals surface area contributed by atoms with Gasteiger partial charge in [0, 0.05) is 12.4 Å². The maximum Gasteiger partial charge on any atom is 0.351 e. The summed E-state index contributed by atoms with van der Waals surface area (Å²) in [5, 5.41) is 21.1. The molecule has 0 spiro atoms. The number of ether oxygens (including phenoxy) is 1. The minimum atomic E-state index is -1.91. The molecule has 0 radical (unpaired) electrons. The molecule has 0 aromatic carbocycles. The van der Waals surface area contributed by atoms with E-state index >= 15 is 0 Å². The summed E-state index contributed by atoms with van der Waals surface area (Å²) in [5.41, 5.74) is -0.296. The number of rotatable bonds is 4. The second-order valence-electron chi connectivity index (χ2n) is 5.69. The molecule has 1 aliphatic heterocycles. The molecular formula is C15H16FN5O5. The molecule has 2 aromatic rings. The summed E-state index contributed by atoms with van der Waals surface area (Å²) in [6.45, 7) is 1.08. The SMILES string of the molecule is Cc1cncc(C(=O)Nc2ccn([C@@H]3O[C@H](CO)[C@@H](O)[C@H]3F)c(=O)n2)n1. The highest BCUT2D eigenvalue weighted by atomic mass is 19.1. The maximum atomic E-state index is 14.1. The van der Waals surface area contributed by atoms with Crippen LogP contribution in [0, 0.1) is 6.92 Å². The average Bonchev–Trinajstić information content (AvgIpc) is 2.90. The lowest BCUT2D eigenvalue weighted by Crippen LogP contribution is -2.33. The number of nitrogens with one attached hydrogen (secondary N) is 1. The quantitative estimate of drug-likeness (QED) is 0.639. The fourth-order valence-corrected chi connectivity index (χ4v) is 2.51. The Morgan fingerprint density at radius 2 is 2.19 bits per heavy atom. The van der Waals surface area contributed by atoms with E-state index in [1.807, 2.05) is 0 Å². The van der Waals surface area contributed by atoms with Gasteiger partial charge in [0.2, 0.25) is 0 Å². The van der Waals surface area contributed by atoms with Gasteiger partial charge in [-0.25, -0.2) is 14.2 Å². The number of halogens is 1. The lowest BCUT2D eigenvalue weighted by molar-refractivity contribution is -0.0490. The van der Waals surface area contributed by atoms with Crippen molar-refractivity contribution >= 4 is 11.7 Å². The third kappa shape index (κ3) is 3.45. The number of anilines is 1. The minimum absolute atomic E-state index is 0.0489. The Morgan fingerprint density at radius 1 is 1.42 bits per heavy atom. The van der Waals surface area contributed by atoms with Crippen LogP contribution < -0.4 is 11.0 Å². The maximum absolute atomic E-state index is 14.1. The Morgan fingerprint density at radius 3 is 2.81 bits per heavy atom. The summed E-state index contributed by atoms with van der Waals surface area (Å²) < 4.78 is 20.1. The summed E-state index contributed by atoms with van der Waals surface area (Å²) in [7, 11) is 0. The van der Waals surface area contributed by atoms with Crippen LogP contribution in [-0.2, 0) is 4.74 Å². The Bertz CT molecular complexity index is 876. The van der Waals surface area contributed by atoms with Gasteiger partial charge in [-0.3, -0.25) is 14.3 Å². The van der Waals surface area contributed by atoms with Crippen LogP contribution in [0.25, 0.3) is 0 Å². The molecule has 11 heteroatoms. The zero-order chi connectivity index (χ0) is 18.8. The van der Waals surface area contributed by atoms with E-state index in [9.17, 15) is 19.1 Å². The topological polar surface area (TPSA) is 139 Å². The van der Waals surface area contributed by atoms with Gasteiger partial charge in [0.15, 0.2) is 12.4 Å². The van der Waals surface area contributed by atoms with Gasteiger partial charge < -0.3 is 20.3 Å². The first-order chi connectivity index (χ1) is 12.4. The lowest BCUT2D eigenvalue weighted by atomic mass is 10.1. The molecule has 10 nitrogen and oxygen atoms in total. The molecule has 3 heterocycles. The van der Waals surface area contributed by atoms with Crippen molar-refractivity contribution in [1.29, 1.82) is 0 Å². The molecule has 3 N–H and O–H groups in total. The standard InChI is InChI=1S/C15H16FN5O5/c1-7-4-17-5-8(18-7)13(24)19-10-2-3-21(15(25)20-10)14-11(16)12(23)9(6-22)26-14/h2-5,9,11-12,14,22-23H,6H2,1H3,(H,19,20,24,25)/t9-,11-,12-,14-/m1/s1. The fourth-order valence-electron chi connectivity index (χ4n) is 2.51. The molecule has 1 amide bonds. The van der Waals surface area contributed by atoms with Crippen molar-refractivity contribution in [2.75, 3.05) is 11.9 Å². The fraction of sp³-hybridized carbons (Fsp3) is 0.400. The predicted molar refractivity (Wildman–Crippen MR) is 85.1 cm³/mol. The molecular weight excluding hydrogens is 349 g/mol. The molecule has 26 heavy (non-hydrogen) atoms. The second kappa shape index (κ2) is 7.23. The van der Waals surface area contributed by atoms with Gasteiger partial charge in [0.05, 0.1) is 18.5 Å². The zero-order valence-electron chi connectivity index (χ0n) is 13.6. The van der Waals surface area contributed by atoms with Crippen LogP contribution in [0.2, 0.25) is 0 Å². The van der Waals surface area contributed by atoms with E-state index in [4.69, 9.17) is 9.84 Å². The number of hydrogen-bond donors (Lipinski definition) is 3. The third-order valence-corrected chi connectivity index (χ3v) is 3.81. The summed E-state index contributed by atoms with van der Waals surface area (Å²) >= 11 is 0. The Labute approximate surface area is 146 Å². The van der Waals surface area contributed by atoms with E-state index in [-0.39, 0.29) is 11.5 Å². The first kappa shape index (κ1) is 18.0. The van der Waals surface area contributed by atoms with Crippen LogP contribution in [0.5, 0.6) is 0 Å². The highest BCUT2D eigenvalue weighted by molar-refractivity contribution is 6.02. The van der Waals surface area contributed by atoms with E-state index in [0.29, 0.717) is 5.69 Å². The number of amides is 1. The van der Waals surface area contributed by atoms with Crippen LogP contribution in [-0.4, -0.2) is 60.6 Å². The molecule has 2 aromatic heterocycles. The minimum Gasteiger partial charge on any atom is -0.394 e. The van der Waals surface area contributed by atoms with Gasteiger partial charge in [0.1, 0.15) is 23.7 Å². The van der Waals surface area contributed by atoms with Crippen molar-refractivity contribution in [3.8, 4) is 0 Å². The molecule has 4 atom stereocenters. The van der Waals surface area contributed by atoms with E-state index in [0.717, 1.165) is 4.57 Å². The van der Waals surface area contributed by atoms with Gasteiger partial charge in [0.25, 0.3) is 5.91 Å². The molecule has 1 fully saturated rings. The van der Waals surface area contributed by atoms with Gasteiger partial charge in [-0.15, -0.1) is 0 Å². The molecule has 1 aliphatic rings. The number of aliphatic hydroxyl groups excluding tert-OH is 2. The zero-order valence-corrected chi connectivity index (χ0v) is 13.6. The van der Waals surface area contributed by atoms with Crippen molar-refractivity contribution < 1.29 is 24.1 Å². The van der Waals surface area contributed by atoms with Crippen molar-refractivity contribution in [3.63, 3.8) is 0 Å². The van der Waals surface area contributed by atoms with Crippen LogP contribution in [0.3, 0.4) is 0 Å². The molecule has 0 aliphatic carbocycles. The van der Waals surface area contributed by atoms with Crippen molar-refractivity contribution in [1.82, 2.24) is 19.5 Å². The number of aromatic nitrogens is 4. The monoisotopic (exact) mass is 365 g/mol. The molecule has 138 valence electrons. The summed E-state index contributed by atoms with van der Waals surface area (Å²) in [5.74, 6) is -0.672. The van der Waals surface area contributed by atoms with Gasteiger partial charge >= 0.3 is 5.69 Å². The van der Waals surface area contributed by atoms with Crippen LogP contribution >= 0.6 is 0 Å². The molecule has 0 saturated carbocycles. The normalized spacial score (nSPS) is 25.2. The number of alkyl halides is 1.